The number of benzene rings is 1. The number of para-hydroxylation sites is 1. The third-order valence-corrected chi connectivity index (χ3v) is 5.47. The van der Waals surface area contributed by atoms with Crippen molar-refractivity contribution in [2.24, 2.45) is 0 Å². The Bertz CT molecular complexity index is 821. The number of aromatic nitrogens is 1. The number of amides is 1. The van der Waals surface area contributed by atoms with Crippen molar-refractivity contribution in [2.45, 2.75) is 27.2 Å². The Kier molecular flexibility index (Phi) is 4.92. The van der Waals surface area contributed by atoms with Gasteiger partial charge in [-0.15, -0.1) is 0 Å². The number of carbonyl (C=O) groups excluding carboxylic acids is 1. The minimum Gasteiger partial charge on any atom is -0.318 e. The molecule has 1 saturated heterocycles. The van der Waals surface area contributed by atoms with Gasteiger partial charge in [-0.25, -0.2) is 0 Å². The molecule has 1 aromatic heterocycles. The molecule has 0 radical (unpaired) electrons. The molecule has 124 valence electrons. The normalized spacial score (nSPS) is 16.5. The van der Waals surface area contributed by atoms with Gasteiger partial charge < -0.3 is 4.57 Å². The van der Waals surface area contributed by atoms with Crippen LogP contribution in [0.4, 0.5) is 0 Å². The summed E-state index contributed by atoms with van der Waals surface area (Å²) in [5.41, 5.74) is 4.47. The van der Waals surface area contributed by atoms with E-state index in [0.29, 0.717) is 15.8 Å². The van der Waals surface area contributed by atoms with Crippen LogP contribution in [-0.2, 0) is 4.79 Å². The Labute approximate surface area is 152 Å². The standard InChI is InChI=1S/C19H20N2OS2/c1-4-10-20-18(22)17(24-19(20)23)12-15-11-13(2)21(14(15)3)16-8-6-5-7-9-16/h5-9,11-12H,4,10H2,1-3H3/b17-12-. The molecule has 0 saturated carbocycles. The van der Waals surface area contributed by atoms with Gasteiger partial charge in [0.2, 0.25) is 0 Å². The predicted molar refractivity (Wildman–Crippen MR) is 105 cm³/mol. The van der Waals surface area contributed by atoms with Crippen LogP contribution in [0.2, 0.25) is 0 Å². The first-order chi connectivity index (χ1) is 11.5. The molecule has 1 fully saturated rings. The molecular formula is C19H20N2OS2. The molecule has 1 amide bonds. The van der Waals surface area contributed by atoms with E-state index in [1.54, 1.807) is 4.90 Å². The maximum Gasteiger partial charge on any atom is 0.266 e. The molecular weight excluding hydrogens is 336 g/mol. The van der Waals surface area contributed by atoms with Gasteiger partial charge in [0.1, 0.15) is 4.32 Å². The molecule has 0 atom stereocenters. The summed E-state index contributed by atoms with van der Waals surface area (Å²) in [4.78, 5) is 14.9. The number of nitrogens with zero attached hydrogens (tertiary/aromatic N) is 2. The predicted octanol–water partition coefficient (Wildman–Crippen LogP) is 4.71. The molecule has 0 bridgehead atoms. The van der Waals surface area contributed by atoms with Gasteiger partial charge in [-0.1, -0.05) is 49.1 Å². The van der Waals surface area contributed by atoms with Crippen LogP contribution in [0.3, 0.4) is 0 Å². The quantitative estimate of drug-likeness (QED) is 0.586. The van der Waals surface area contributed by atoms with Gasteiger partial charge in [-0.2, -0.15) is 0 Å². The zero-order valence-electron chi connectivity index (χ0n) is 14.1. The second-order valence-corrected chi connectivity index (χ2v) is 7.51. The first-order valence-corrected chi connectivity index (χ1v) is 9.25. The molecule has 5 heteroatoms. The van der Waals surface area contributed by atoms with Gasteiger partial charge in [0.25, 0.3) is 5.91 Å². The maximum atomic E-state index is 12.5. The van der Waals surface area contributed by atoms with Crippen molar-refractivity contribution in [2.75, 3.05) is 6.54 Å². The van der Waals surface area contributed by atoms with Crippen LogP contribution in [0.5, 0.6) is 0 Å². The summed E-state index contributed by atoms with van der Waals surface area (Å²) >= 11 is 6.73. The largest absolute Gasteiger partial charge is 0.318 e. The maximum absolute atomic E-state index is 12.5. The number of thioether (sulfide) groups is 1. The first-order valence-electron chi connectivity index (χ1n) is 8.02. The first kappa shape index (κ1) is 17.0. The van der Waals surface area contributed by atoms with Crippen LogP contribution < -0.4 is 0 Å². The third kappa shape index (κ3) is 3.06. The Morgan fingerprint density at radius 3 is 2.58 bits per heavy atom. The summed E-state index contributed by atoms with van der Waals surface area (Å²) in [6, 6.07) is 12.4. The third-order valence-electron chi connectivity index (χ3n) is 4.09. The highest BCUT2D eigenvalue weighted by Crippen LogP contribution is 2.34. The lowest BCUT2D eigenvalue weighted by Crippen LogP contribution is -2.28. The van der Waals surface area contributed by atoms with E-state index < -0.39 is 0 Å². The fourth-order valence-corrected chi connectivity index (χ4v) is 4.27. The molecule has 0 spiro atoms. The van der Waals surface area contributed by atoms with Crippen molar-refractivity contribution < 1.29 is 4.79 Å². The molecule has 0 aliphatic carbocycles. The summed E-state index contributed by atoms with van der Waals surface area (Å²) in [5.74, 6) is 0.0244. The van der Waals surface area contributed by atoms with Gasteiger partial charge in [-0.3, -0.25) is 9.69 Å². The molecule has 1 aliphatic rings. The number of carbonyl (C=O) groups is 1. The van der Waals surface area contributed by atoms with E-state index in [-0.39, 0.29) is 5.91 Å². The number of thiocarbonyl (C=S) groups is 1. The lowest BCUT2D eigenvalue weighted by atomic mass is 10.2. The Morgan fingerprint density at radius 2 is 1.92 bits per heavy atom. The number of hydrogen-bond donors (Lipinski definition) is 0. The van der Waals surface area contributed by atoms with Crippen molar-refractivity contribution in [3.05, 3.63) is 58.3 Å². The molecule has 24 heavy (non-hydrogen) atoms. The van der Waals surface area contributed by atoms with Gasteiger partial charge in [-0.05, 0) is 50.1 Å². The molecule has 3 nitrogen and oxygen atoms in total. The van der Waals surface area contributed by atoms with E-state index in [4.69, 9.17) is 12.2 Å². The van der Waals surface area contributed by atoms with E-state index in [1.807, 2.05) is 24.3 Å². The van der Waals surface area contributed by atoms with Gasteiger partial charge >= 0.3 is 0 Å². The van der Waals surface area contributed by atoms with Crippen LogP contribution in [0.15, 0.2) is 41.3 Å². The number of hydrogen-bond acceptors (Lipinski definition) is 3. The monoisotopic (exact) mass is 356 g/mol. The summed E-state index contributed by atoms with van der Waals surface area (Å²) in [7, 11) is 0. The van der Waals surface area contributed by atoms with E-state index in [2.05, 4.69) is 43.5 Å². The molecule has 3 rings (SSSR count). The van der Waals surface area contributed by atoms with Crippen molar-refractivity contribution in [3.63, 3.8) is 0 Å². The van der Waals surface area contributed by atoms with Crippen molar-refractivity contribution in [1.29, 1.82) is 0 Å². The highest BCUT2D eigenvalue weighted by atomic mass is 32.2. The van der Waals surface area contributed by atoms with Crippen LogP contribution in [-0.4, -0.2) is 26.2 Å². The van der Waals surface area contributed by atoms with Gasteiger partial charge in [0.05, 0.1) is 4.91 Å². The lowest BCUT2D eigenvalue weighted by molar-refractivity contribution is -0.122. The lowest BCUT2D eigenvalue weighted by Gasteiger charge is -2.12. The fraction of sp³-hybridized carbons (Fsp3) is 0.263. The van der Waals surface area contributed by atoms with Gasteiger partial charge in [0.15, 0.2) is 0 Å². The smallest absolute Gasteiger partial charge is 0.266 e. The van der Waals surface area contributed by atoms with Crippen molar-refractivity contribution >= 4 is 40.3 Å². The molecule has 1 aliphatic heterocycles. The SMILES string of the molecule is CCCN1C(=O)/C(=C/c2cc(C)n(-c3ccccc3)c2C)SC1=S. The van der Waals surface area contributed by atoms with Crippen molar-refractivity contribution in [3.8, 4) is 5.69 Å². The average molecular weight is 357 g/mol. The zero-order valence-corrected chi connectivity index (χ0v) is 15.7. The minimum absolute atomic E-state index is 0.0244. The Morgan fingerprint density at radius 1 is 1.21 bits per heavy atom. The highest BCUT2D eigenvalue weighted by molar-refractivity contribution is 8.26. The molecule has 2 aromatic rings. The molecule has 0 unspecified atom stereocenters. The zero-order chi connectivity index (χ0) is 17.3. The van der Waals surface area contributed by atoms with Crippen LogP contribution in [0.1, 0.15) is 30.3 Å². The van der Waals surface area contributed by atoms with E-state index >= 15 is 0 Å². The summed E-state index contributed by atoms with van der Waals surface area (Å²) in [6.45, 7) is 6.90. The van der Waals surface area contributed by atoms with Crippen LogP contribution in [0.25, 0.3) is 11.8 Å². The molecule has 1 aromatic carbocycles. The number of aryl methyl sites for hydroxylation is 1. The second-order valence-electron chi connectivity index (χ2n) is 5.83. The van der Waals surface area contributed by atoms with E-state index in [1.165, 1.54) is 11.8 Å². The Hall–Kier alpha value is -1.85. The topological polar surface area (TPSA) is 25.2 Å². The Balaban J connectivity index is 1.98. The summed E-state index contributed by atoms with van der Waals surface area (Å²) < 4.78 is 2.86. The number of rotatable bonds is 4. The van der Waals surface area contributed by atoms with Crippen molar-refractivity contribution in [1.82, 2.24) is 9.47 Å². The van der Waals surface area contributed by atoms with E-state index in [9.17, 15) is 4.79 Å². The average Bonchev–Trinajstić information content (AvgIpc) is 2.99. The second kappa shape index (κ2) is 6.95. The summed E-state index contributed by atoms with van der Waals surface area (Å²) in [5, 5.41) is 0. The molecule has 0 N–H and O–H groups in total. The summed E-state index contributed by atoms with van der Waals surface area (Å²) in [6.07, 6.45) is 2.87. The highest BCUT2D eigenvalue weighted by Gasteiger charge is 2.31. The van der Waals surface area contributed by atoms with Crippen LogP contribution >= 0.6 is 24.0 Å². The molecule has 2 heterocycles. The fourth-order valence-electron chi connectivity index (χ4n) is 2.97. The minimum atomic E-state index is 0.0244. The van der Waals surface area contributed by atoms with E-state index in [0.717, 1.165) is 29.1 Å². The van der Waals surface area contributed by atoms with Gasteiger partial charge in [0, 0.05) is 23.6 Å². The van der Waals surface area contributed by atoms with Crippen LogP contribution in [0, 0.1) is 13.8 Å².